The molecule has 2 aromatic rings. The second kappa shape index (κ2) is 5.45. The van der Waals surface area contributed by atoms with Crippen LogP contribution in [0.25, 0.3) is 5.69 Å². The number of rotatable bonds is 4. The maximum atomic E-state index is 11.0. The predicted molar refractivity (Wildman–Crippen MR) is 76.3 cm³/mol. The van der Waals surface area contributed by atoms with E-state index in [0.717, 1.165) is 16.8 Å². The molecule has 1 N–H and O–H groups in total. The lowest BCUT2D eigenvalue weighted by molar-refractivity contribution is -0.136. The highest BCUT2D eigenvalue weighted by Crippen LogP contribution is 2.19. The van der Waals surface area contributed by atoms with Crippen LogP contribution in [0.15, 0.2) is 18.2 Å². The Balaban J connectivity index is 2.55. The molecule has 0 radical (unpaired) electrons. The maximum Gasteiger partial charge on any atom is 0.311 e. The van der Waals surface area contributed by atoms with Crippen molar-refractivity contribution in [1.29, 1.82) is 0 Å². The molecule has 1 heterocycles. The first-order chi connectivity index (χ1) is 9.38. The maximum absolute atomic E-state index is 11.0. The molecule has 0 spiro atoms. The zero-order valence-corrected chi connectivity index (χ0v) is 12.2. The second-order valence-electron chi connectivity index (χ2n) is 5.31. The smallest absolute Gasteiger partial charge is 0.311 e. The lowest BCUT2D eigenvalue weighted by atomic mass is 10.1. The largest absolute Gasteiger partial charge is 0.481 e. The van der Waals surface area contributed by atoms with Crippen LogP contribution in [0.3, 0.4) is 0 Å². The molecule has 1 aromatic heterocycles. The van der Waals surface area contributed by atoms with Crippen molar-refractivity contribution in [3.63, 3.8) is 0 Å². The number of hydrogen-bond donors (Lipinski definition) is 1. The van der Waals surface area contributed by atoms with E-state index in [4.69, 9.17) is 5.11 Å². The van der Waals surface area contributed by atoms with Gasteiger partial charge in [0.1, 0.15) is 12.2 Å². The average molecular weight is 273 g/mol. The fourth-order valence-electron chi connectivity index (χ4n) is 2.09. The Morgan fingerprint density at radius 1 is 1.35 bits per heavy atom. The molecule has 5 nitrogen and oxygen atoms in total. The number of aromatic nitrogens is 3. The van der Waals surface area contributed by atoms with Gasteiger partial charge in [0.05, 0.1) is 5.69 Å². The second-order valence-corrected chi connectivity index (χ2v) is 5.31. The third-order valence-electron chi connectivity index (χ3n) is 3.10. The molecule has 0 saturated heterocycles. The van der Waals surface area contributed by atoms with Crippen LogP contribution in [-0.4, -0.2) is 25.8 Å². The predicted octanol–water partition coefficient (Wildman–Crippen LogP) is 2.63. The van der Waals surface area contributed by atoms with Crippen molar-refractivity contribution >= 4 is 5.97 Å². The zero-order chi connectivity index (χ0) is 14.9. The number of nitrogens with zero attached hydrogens (tertiary/aromatic N) is 3. The number of aryl methyl sites for hydroxylation is 2. The Hall–Kier alpha value is -2.17. The van der Waals surface area contributed by atoms with Crippen LogP contribution in [0, 0.1) is 13.8 Å². The van der Waals surface area contributed by atoms with Gasteiger partial charge >= 0.3 is 5.97 Å². The molecule has 106 valence electrons. The summed E-state index contributed by atoms with van der Waals surface area (Å²) in [6, 6.07) is 6.00. The van der Waals surface area contributed by atoms with Gasteiger partial charge in [-0.15, -0.1) is 0 Å². The van der Waals surface area contributed by atoms with Crippen LogP contribution < -0.4 is 0 Å². The van der Waals surface area contributed by atoms with E-state index in [1.807, 2.05) is 39.8 Å². The molecule has 2 rings (SSSR count). The summed E-state index contributed by atoms with van der Waals surface area (Å²) in [6.45, 7) is 8.00. The van der Waals surface area contributed by atoms with Gasteiger partial charge in [-0.2, -0.15) is 5.10 Å². The van der Waals surface area contributed by atoms with Gasteiger partial charge in [-0.25, -0.2) is 9.67 Å². The van der Waals surface area contributed by atoms with Crippen molar-refractivity contribution in [1.82, 2.24) is 14.8 Å². The Kier molecular flexibility index (Phi) is 3.88. The number of carbonyl (C=O) groups is 1. The van der Waals surface area contributed by atoms with E-state index in [0.29, 0.717) is 11.6 Å². The summed E-state index contributed by atoms with van der Waals surface area (Å²) in [5, 5.41) is 13.5. The van der Waals surface area contributed by atoms with E-state index in [2.05, 4.69) is 16.1 Å². The highest BCUT2D eigenvalue weighted by molar-refractivity contribution is 5.69. The van der Waals surface area contributed by atoms with E-state index < -0.39 is 5.97 Å². The summed E-state index contributed by atoms with van der Waals surface area (Å²) in [5.41, 5.74) is 3.10. The molecule has 1 aromatic carbocycles. The van der Waals surface area contributed by atoms with E-state index in [1.165, 1.54) is 0 Å². The molecule has 0 fully saturated rings. The Labute approximate surface area is 118 Å². The topological polar surface area (TPSA) is 68.0 Å². The van der Waals surface area contributed by atoms with Crippen LogP contribution in [0.1, 0.15) is 42.5 Å². The van der Waals surface area contributed by atoms with Gasteiger partial charge < -0.3 is 5.11 Å². The fraction of sp³-hybridized carbons (Fsp3) is 0.400. The first kappa shape index (κ1) is 14.2. The Bertz CT molecular complexity index is 645. The number of benzene rings is 1. The highest BCUT2D eigenvalue weighted by atomic mass is 16.4. The third-order valence-corrected chi connectivity index (χ3v) is 3.10. The van der Waals surface area contributed by atoms with Crippen LogP contribution >= 0.6 is 0 Å². The molecule has 0 unspecified atom stereocenters. The van der Waals surface area contributed by atoms with Crippen LogP contribution in [-0.2, 0) is 11.2 Å². The lowest BCUT2D eigenvalue weighted by Crippen LogP contribution is -2.10. The molecule has 0 aliphatic carbocycles. The molecular formula is C15H19N3O2. The Morgan fingerprint density at radius 3 is 2.60 bits per heavy atom. The van der Waals surface area contributed by atoms with Gasteiger partial charge in [0.25, 0.3) is 0 Å². The van der Waals surface area contributed by atoms with Gasteiger partial charge in [-0.1, -0.05) is 31.5 Å². The van der Waals surface area contributed by atoms with Gasteiger partial charge in [0.2, 0.25) is 0 Å². The summed E-state index contributed by atoms with van der Waals surface area (Å²) < 4.78 is 1.65. The first-order valence-electron chi connectivity index (χ1n) is 6.63. The number of hydrogen-bond acceptors (Lipinski definition) is 3. The van der Waals surface area contributed by atoms with E-state index in [-0.39, 0.29) is 12.3 Å². The monoisotopic (exact) mass is 273 g/mol. The van der Waals surface area contributed by atoms with E-state index >= 15 is 0 Å². The summed E-state index contributed by atoms with van der Waals surface area (Å²) in [4.78, 5) is 15.4. The molecule has 0 amide bonds. The minimum atomic E-state index is -0.904. The Morgan fingerprint density at radius 2 is 2.05 bits per heavy atom. The van der Waals surface area contributed by atoms with Crippen LogP contribution in [0.5, 0.6) is 0 Å². The van der Waals surface area contributed by atoms with Gasteiger partial charge in [-0.3, -0.25) is 4.79 Å². The SMILES string of the molecule is Cc1ccc(-n2nc(C(C)C)nc2CC(=O)O)c(C)c1. The standard InChI is InChI=1S/C15H19N3O2/c1-9(2)15-16-13(8-14(19)20)18(17-15)12-6-5-10(3)7-11(12)4/h5-7,9H,8H2,1-4H3,(H,19,20). The first-order valence-corrected chi connectivity index (χ1v) is 6.63. The highest BCUT2D eigenvalue weighted by Gasteiger charge is 2.17. The van der Waals surface area contributed by atoms with Crippen LogP contribution in [0.2, 0.25) is 0 Å². The van der Waals surface area contributed by atoms with Crippen molar-refractivity contribution in [2.75, 3.05) is 0 Å². The van der Waals surface area contributed by atoms with Crippen molar-refractivity contribution in [3.05, 3.63) is 41.0 Å². The molecule has 5 heteroatoms. The minimum absolute atomic E-state index is 0.132. The van der Waals surface area contributed by atoms with Crippen molar-refractivity contribution in [2.45, 2.75) is 40.0 Å². The number of carboxylic acid groups (broad SMARTS) is 1. The van der Waals surface area contributed by atoms with Crippen LogP contribution in [0.4, 0.5) is 0 Å². The molecule has 20 heavy (non-hydrogen) atoms. The zero-order valence-electron chi connectivity index (χ0n) is 12.2. The molecule has 0 aliphatic heterocycles. The number of carboxylic acids is 1. The van der Waals surface area contributed by atoms with Crippen molar-refractivity contribution in [2.24, 2.45) is 0 Å². The number of aliphatic carboxylic acids is 1. The molecular weight excluding hydrogens is 254 g/mol. The molecule has 0 bridgehead atoms. The minimum Gasteiger partial charge on any atom is -0.481 e. The summed E-state index contributed by atoms with van der Waals surface area (Å²) in [7, 11) is 0. The molecule has 0 atom stereocenters. The van der Waals surface area contributed by atoms with E-state index in [1.54, 1.807) is 4.68 Å². The summed E-state index contributed by atoms with van der Waals surface area (Å²) >= 11 is 0. The van der Waals surface area contributed by atoms with Crippen molar-refractivity contribution < 1.29 is 9.90 Å². The lowest BCUT2D eigenvalue weighted by Gasteiger charge is -2.08. The van der Waals surface area contributed by atoms with Gasteiger partial charge in [0.15, 0.2) is 5.82 Å². The third kappa shape index (κ3) is 2.87. The van der Waals surface area contributed by atoms with E-state index in [9.17, 15) is 4.79 Å². The van der Waals surface area contributed by atoms with Gasteiger partial charge in [-0.05, 0) is 25.5 Å². The average Bonchev–Trinajstić information content (AvgIpc) is 2.72. The van der Waals surface area contributed by atoms with Crippen molar-refractivity contribution in [3.8, 4) is 5.69 Å². The summed E-state index contributed by atoms with van der Waals surface area (Å²) in [6.07, 6.45) is -0.132. The molecule has 0 aliphatic rings. The fourth-order valence-corrected chi connectivity index (χ4v) is 2.09. The quantitative estimate of drug-likeness (QED) is 0.929. The normalized spacial score (nSPS) is 11.1. The van der Waals surface area contributed by atoms with Gasteiger partial charge in [0, 0.05) is 5.92 Å². The summed E-state index contributed by atoms with van der Waals surface area (Å²) in [5.74, 6) is 0.391. The molecule has 0 saturated carbocycles.